The molecule has 0 bridgehead atoms. The normalized spacial score (nSPS) is 22.4. The van der Waals surface area contributed by atoms with Gasteiger partial charge in [-0.25, -0.2) is 0 Å². The minimum Gasteiger partial charge on any atom is -0.394 e. The predicted octanol–water partition coefficient (Wildman–Crippen LogP) is 19.2. The van der Waals surface area contributed by atoms with E-state index in [4.69, 9.17) is 18.9 Å². The van der Waals surface area contributed by atoms with Crippen LogP contribution in [0.4, 0.5) is 0 Å². The Labute approximate surface area is 616 Å². The fraction of sp³-hybridized carbons (Fsp3) is 0.759. The number of carbonyl (C=O) groups is 1. The predicted molar refractivity (Wildman–Crippen MR) is 419 cm³/mol. The summed E-state index contributed by atoms with van der Waals surface area (Å²) in [6.07, 6.45) is 85.1. The van der Waals surface area contributed by atoms with Crippen LogP contribution in [0.3, 0.4) is 0 Å². The second-order valence-electron chi connectivity index (χ2n) is 28.5. The second kappa shape index (κ2) is 69.4. The monoisotopic (exact) mass is 1420 g/mol. The van der Waals surface area contributed by atoms with Gasteiger partial charge < -0.3 is 65.1 Å². The van der Waals surface area contributed by atoms with Gasteiger partial charge in [-0.1, -0.05) is 354 Å². The van der Waals surface area contributed by atoms with Gasteiger partial charge in [-0.15, -0.1) is 0 Å². The quantitative estimate of drug-likeness (QED) is 0.0204. The van der Waals surface area contributed by atoms with E-state index in [1.54, 1.807) is 0 Å². The van der Waals surface area contributed by atoms with Gasteiger partial charge in [0.15, 0.2) is 12.6 Å². The average Bonchev–Trinajstić information content (AvgIpc) is 0.792. The summed E-state index contributed by atoms with van der Waals surface area (Å²) in [7, 11) is 0. The van der Waals surface area contributed by atoms with Gasteiger partial charge >= 0.3 is 0 Å². The van der Waals surface area contributed by atoms with E-state index < -0.39 is 86.8 Å². The fourth-order valence-electron chi connectivity index (χ4n) is 13.0. The van der Waals surface area contributed by atoms with Crippen molar-refractivity contribution < 1.29 is 64.6 Å². The van der Waals surface area contributed by atoms with Crippen molar-refractivity contribution in [3.05, 3.63) is 122 Å². The van der Waals surface area contributed by atoms with E-state index in [0.717, 1.165) is 116 Å². The largest absolute Gasteiger partial charge is 0.394 e. The van der Waals surface area contributed by atoms with Crippen LogP contribution in [0.15, 0.2) is 122 Å². The molecule has 2 aliphatic rings. The van der Waals surface area contributed by atoms with Gasteiger partial charge in [0.1, 0.15) is 48.8 Å². The van der Waals surface area contributed by atoms with Crippen LogP contribution in [0.1, 0.15) is 328 Å². The Morgan fingerprint density at radius 3 is 1.05 bits per heavy atom. The van der Waals surface area contributed by atoms with Gasteiger partial charge in [0, 0.05) is 6.42 Å². The van der Waals surface area contributed by atoms with Crippen LogP contribution >= 0.6 is 0 Å². The number of hydrogen-bond donors (Lipinski definition) is 9. The van der Waals surface area contributed by atoms with Gasteiger partial charge in [0.05, 0.1) is 32.0 Å². The highest BCUT2D eigenvalue weighted by molar-refractivity contribution is 5.76. The number of aliphatic hydroxyl groups is 8. The highest BCUT2D eigenvalue weighted by atomic mass is 16.7. The fourth-order valence-corrected chi connectivity index (χ4v) is 13.0. The molecule has 14 heteroatoms. The third-order valence-electron chi connectivity index (χ3n) is 19.4. The zero-order valence-corrected chi connectivity index (χ0v) is 63.9. The lowest BCUT2D eigenvalue weighted by Crippen LogP contribution is -2.65. The van der Waals surface area contributed by atoms with Crippen molar-refractivity contribution in [1.29, 1.82) is 0 Å². The third-order valence-corrected chi connectivity index (χ3v) is 19.4. The van der Waals surface area contributed by atoms with Gasteiger partial charge in [-0.2, -0.15) is 0 Å². The highest BCUT2D eigenvalue weighted by Gasteiger charge is 2.51. The molecule has 101 heavy (non-hydrogen) atoms. The molecule has 0 aromatic rings. The minimum absolute atomic E-state index is 0.212. The lowest BCUT2D eigenvalue weighted by molar-refractivity contribution is -0.359. The molecule has 2 saturated heterocycles. The van der Waals surface area contributed by atoms with Crippen molar-refractivity contribution >= 4 is 5.91 Å². The molecule has 0 spiro atoms. The number of carbonyl (C=O) groups excluding carboxylic acids is 1. The molecule has 2 fully saturated rings. The Morgan fingerprint density at radius 1 is 0.366 bits per heavy atom. The van der Waals surface area contributed by atoms with Crippen molar-refractivity contribution in [3.8, 4) is 0 Å². The molecule has 0 radical (unpaired) electrons. The van der Waals surface area contributed by atoms with Crippen LogP contribution in [0.25, 0.3) is 0 Å². The molecular formula is C87H151NO13. The maximum atomic E-state index is 13.4. The van der Waals surface area contributed by atoms with E-state index in [-0.39, 0.29) is 12.5 Å². The van der Waals surface area contributed by atoms with Gasteiger partial charge in [-0.3, -0.25) is 4.79 Å². The van der Waals surface area contributed by atoms with E-state index in [9.17, 15) is 45.6 Å². The standard InChI is InChI=1S/C87H151NO13/c1-3-5-7-9-11-13-15-17-19-21-23-25-27-29-31-32-33-34-35-36-37-38-39-40-41-42-43-44-45-47-49-51-53-55-57-59-61-63-65-67-69-71-79(92)88-75(74-98-86-84(97)82(95)85(78(73-90)100-86)101-87-83(96)81(94)80(93)77(72-89)99-87)76(91)70-68-66-64-62-60-58-56-54-52-50-48-46-30-28-26-24-22-20-18-16-14-12-10-8-6-4-2/h5,7,11,13,17,19,23,25,29,31,33-34,36-37,39-40,42-43,45,47,75-78,80-87,89-91,93-97H,3-4,6,8-10,12,14-16,18,20-22,24,26-28,30,32,35,38,41,44,46,48-74H2,1-2H3,(H,88,92)/b7-5-,13-11-,19-17-,25-23-,31-29-,34-33-,37-36-,40-39-,43-42-,47-45-. The Bertz CT molecular complexity index is 2170. The average molecular weight is 1420 g/mol. The third kappa shape index (κ3) is 52.1. The minimum atomic E-state index is -1.79. The van der Waals surface area contributed by atoms with E-state index >= 15 is 0 Å². The van der Waals surface area contributed by atoms with Crippen molar-refractivity contribution in [2.45, 2.75) is 402 Å². The van der Waals surface area contributed by atoms with Crippen molar-refractivity contribution in [2.75, 3.05) is 19.8 Å². The second-order valence-corrected chi connectivity index (χ2v) is 28.5. The van der Waals surface area contributed by atoms with Crippen molar-refractivity contribution in [1.82, 2.24) is 5.32 Å². The zero-order valence-electron chi connectivity index (χ0n) is 63.9. The Balaban J connectivity index is 1.61. The number of nitrogens with one attached hydrogen (secondary N) is 1. The molecule has 0 saturated carbocycles. The summed E-state index contributed by atoms with van der Waals surface area (Å²) < 4.78 is 23.0. The van der Waals surface area contributed by atoms with Crippen LogP contribution in [-0.4, -0.2) is 140 Å². The number of amides is 1. The van der Waals surface area contributed by atoms with Gasteiger partial charge in [0.25, 0.3) is 0 Å². The van der Waals surface area contributed by atoms with Gasteiger partial charge in [0.2, 0.25) is 5.91 Å². The van der Waals surface area contributed by atoms with Crippen LogP contribution < -0.4 is 5.32 Å². The topological polar surface area (TPSA) is 228 Å². The SMILES string of the molecule is CC/C=C\C/C=C\C/C=C\C/C=C\C/C=C\C/C=C\C/C=C\C/C=C\C/C=C\C/C=C\CCCCCCCCCCCCC(=O)NC(COC1OC(CO)C(OC2OC(CO)C(O)C(O)C2O)C(O)C1O)C(O)CCCCCCCCCCCCCCCCCCCCCCCCCCCC. The van der Waals surface area contributed by atoms with Crippen LogP contribution in [0.2, 0.25) is 0 Å². The number of aliphatic hydroxyl groups excluding tert-OH is 8. The molecule has 14 nitrogen and oxygen atoms in total. The summed E-state index contributed by atoms with van der Waals surface area (Å²) >= 11 is 0. The summed E-state index contributed by atoms with van der Waals surface area (Å²) in [6, 6.07) is -0.841. The molecule has 582 valence electrons. The summed E-state index contributed by atoms with van der Waals surface area (Å²) in [5, 5.41) is 87.9. The smallest absolute Gasteiger partial charge is 0.220 e. The van der Waals surface area contributed by atoms with Gasteiger partial charge in [-0.05, 0) is 89.9 Å². The number of hydrogen-bond acceptors (Lipinski definition) is 13. The van der Waals surface area contributed by atoms with Crippen LogP contribution in [0.5, 0.6) is 0 Å². The first kappa shape index (κ1) is 93.5. The summed E-state index contributed by atoms with van der Waals surface area (Å²) in [4.78, 5) is 13.4. The van der Waals surface area contributed by atoms with E-state index in [0.29, 0.717) is 19.3 Å². The molecule has 0 aromatic carbocycles. The highest BCUT2D eigenvalue weighted by Crippen LogP contribution is 2.30. The molecule has 2 rings (SSSR count). The van der Waals surface area contributed by atoms with Crippen molar-refractivity contribution in [2.24, 2.45) is 0 Å². The number of allylic oxidation sites excluding steroid dienone is 20. The molecule has 2 heterocycles. The maximum Gasteiger partial charge on any atom is 0.220 e. The Hall–Kier alpha value is -3.61. The van der Waals surface area contributed by atoms with E-state index in [1.165, 1.54) is 180 Å². The first-order chi connectivity index (χ1) is 49.6. The maximum absolute atomic E-state index is 13.4. The molecule has 12 unspecified atom stereocenters. The van der Waals surface area contributed by atoms with E-state index in [1.807, 2.05) is 0 Å². The summed E-state index contributed by atoms with van der Waals surface area (Å²) in [6.45, 7) is 2.78. The Kier molecular flexibility index (Phi) is 64.3. The lowest BCUT2D eigenvalue weighted by atomic mass is 9.97. The number of ether oxygens (including phenoxy) is 4. The number of unbranched alkanes of at least 4 members (excludes halogenated alkanes) is 35. The molecule has 9 N–H and O–H groups in total. The molecule has 0 aromatic heterocycles. The summed E-state index contributed by atoms with van der Waals surface area (Å²) in [5.41, 5.74) is 0. The lowest BCUT2D eigenvalue weighted by Gasteiger charge is -2.46. The molecular weight excluding hydrogens is 1270 g/mol. The van der Waals surface area contributed by atoms with Crippen molar-refractivity contribution in [3.63, 3.8) is 0 Å². The zero-order chi connectivity index (χ0) is 73.0. The summed E-state index contributed by atoms with van der Waals surface area (Å²) in [5.74, 6) is -0.212. The molecule has 12 atom stereocenters. The molecule has 1 amide bonds. The number of rotatable bonds is 68. The van der Waals surface area contributed by atoms with Crippen LogP contribution in [-0.2, 0) is 23.7 Å². The van der Waals surface area contributed by atoms with E-state index in [2.05, 4.69) is 141 Å². The molecule has 0 aliphatic carbocycles. The first-order valence-electron chi connectivity index (χ1n) is 41.3. The molecule has 2 aliphatic heterocycles. The Morgan fingerprint density at radius 2 is 0.683 bits per heavy atom. The first-order valence-corrected chi connectivity index (χ1v) is 41.3. The van der Waals surface area contributed by atoms with Crippen LogP contribution in [0, 0.1) is 0 Å².